The molecule has 2 unspecified atom stereocenters. The summed E-state index contributed by atoms with van der Waals surface area (Å²) in [4.78, 5) is 9.50. The molecule has 0 saturated carbocycles. The van der Waals surface area contributed by atoms with Crippen LogP contribution in [0.25, 0.3) is 0 Å². The van der Waals surface area contributed by atoms with Gasteiger partial charge in [0, 0.05) is 55.5 Å². The average Bonchev–Trinajstić information content (AvgIpc) is 3.14. The van der Waals surface area contributed by atoms with E-state index in [4.69, 9.17) is 0 Å². The molecule has 0 bridgehead atoms. The summed E-state index contributed by atoms with van der Waals surface area (Å²) in [5.74, 6) is 1.65. The Balaban J connectivity index is 1.44. The Kier molecular flexibility index (Phi) is 7.41. The molecule has 2 heterocycles. The summed E-state index contributed by atoms with van der Waals surface area (Å²) in [5.41, 5.74) is 1.29. The number of likely N-dealkylation sites (tertiary alicyclic amines) is 1. The lowest BCUT2D eigenvalue weighted by atomic mass is 9.97. The normalized spacial score (nSPS) is 24.5. The van der Waals surface area contributed by atoms with Crippen molar-refractivity contribution < 1.29 is 0 Å². The Labute approximate surface area is 172 Å². The molecular formula is C21H34BrN5. The fraction of sp³-hybridized carbons (Fsp3) is 0.667. The van der Waals surface area contributed by atoms with Crippen molar-refractivity contribution in [3.8, 4) is 0 Å². The minimum absolute atomic E-state index is 0.443. The molecule has 0 amide bonds. The van der Waals surface area contributed by atoms with Crippen molar-refractivity contribution in [2.45, 2.75) is 45.2 Å². The summed E-state index contributed by atoms with van der Waals surface area (Å²) >= 11 is 3.51. The summed E-state index contributed by atoms with van der Waals surface area (Å²) in [6.07, 6.45) is 3.76. The highest BCUT2D eigenvalue weighted by molar-refractivity contribution is 9.10. The molecule has 6 heteroatoms. The lowest BCUT2D eigenvalue weighted by Crippen LogP contribution is -2.48. The molecule has 150 valence electrons. The molecule has 1 aromatic carbocycles. The highest BCUT2D eigenvalue weighted by atomic mass is 79.9. The van der Waals surface area contributed by atoms with Gasteiger partial charge in [0.1, 0.15) is 0 Å². The SMILES string of the molecule is CN=C(NCC1CCCN(C(C)C)C1)NC1CCN(c2ccc(Br)cc2)C1. The van der Waals surface area contributed by atoms with Gasteiger partial charge in [0.25, 0.3) is 0 Å². The molecule has 27 heavy (non-hydrogen) atoms. The highest BCUT2D eigenvalue weighted by Gasteiger charge is 2.25. The number of nitrogens with zero attached hydrogens (tertiary/aromatic N) is 3. The van der Waals surface area contributed by atoms with Crippen LogP contribution in [0.1, 0.15) is 33.1 Å². The second-order valence-electron chi connectivity index (χ2n) is 8.10. The number of aliphatic imine (C=N–C) groups is 1. The van der Waals surface area contributed by atoms with Gasteiger partial charge in [-0.1, -0.05) is 15.9 Å². The summed E-state index contributed by atoms with van der Waals surface area (Å²) in [6, 6.07) is 9.68. The first-order valence-corrected chi connectivity index (χ1v) is 11.1. The van der Waals surface area contributed by atoms with Gasteiger partial charge in [-0.2, -0.15) is 0 Å². The number of rotatable bonds is 5. The van der Waals surface area contributed by atoms with Crippen LogP contribution in [-0.4, -0.2) is 62.7 Å². The van der Waals surface area contributed by atoms with Crippen molar-refractivity contribution in [3.05, 3.63) is 28.7 Å². The molecule has 0 spiro atoms. The number of halogens is 1. The summed E-state index contributed by atoms with van der Waals surface area (Å²) in [6.45, 7) is 10.2. The zero-order valence-corrected chi connectivity index (χ0v) is 18.5. The maximum absolute atomic E-state index is 4.46. The van der Waals surface area contributed by atoms with Crippen LogP contribution < -0.4 is 15.5 Å². The largest absolute Gasteiger partial charge is 0.369 e. The Hall–Kier alpha value is -1.27. The minimum Gasteiger partial charge on any atom is -0.369 e. The van der Waals surface area contributed by atoms with E-state index in [1.807, 2.05) is 7.05 Å². The molecule has 0 aliphatic carbocycles. The highest BCUT2D eigenvalue weighted by Crippen LogP contribution is 2.22. The van der Waals surface area contributed by atoms with E-state index in [9.17, 15) is 0 Å². The molecule has 0 radical (unpaired) electrons. The fourth-order valence-electron chi connectivity index (χ4n) is 4.13. The molecule has 3 rings (SSSR count). The smallest absolute Gasteiger partial charge is 0.191 e. The van der Waals surface area contributed by atoms with Crippen LogP contribution in [0, 0.1) is 5.92 Å². The quantitative estimate of drug-likeness (QED) is 0.549. The number of nitrogens with one attached hydrogen (secondary N) is 2. The van der Waals surface area contributed by atoms with Gasteiger partial charge in [-0.15, -0.1) is 0 Å². The molecule has 2 N–H and O–H groups in total. The van der Waals surface area contributed by atoms with Crippen LogP contribution in [-0.2, 0) is 0 Å². The van der Waals surface area contributed by atoms with E-state index in [1.54, 1.807) is 0 Å². The first-order valence-electron chi connectivity index (χ1n) is 10.3. The van der Waals surface area contributed by atoms with Crippen LogP contribution in [0.4, 0.5) is 5.69 Å². The number of hydrogen-bond donors (Lipinski definition) is 2. The van der Waals surface area contributed by atoms with Crippen LogP contribution in [0.15, 0.2) is 33.7 Å². The van der Waals surface area contributed by atoms with E-state index in [2.05, 4.69) is 79.5 Å². The van der Waals surface area contributed by atoms with E-state index >= 15 is 0 Å². The molecule has 5 nitrogen and oxygen atoms in total. The van der Waals surface area contributed by atoms with Gasteiger partial charge < -0.3 is 20.4 Å². The lowest BCUT2D eigenvalue weighted by molar-refractivity contribution is 0.141. The van der Waals surface area contributed by atoms with Crippen LogP contribution in [0.2, 0.25) is 0 Å². The first-order chi connectivity index (χ1) is 13.0. The minimum atomic E-state index is 0.443. The zero-order chi connectivity index (χ0) is 19.2. The predicted molar refractivity (Wildman–Crippen MR) is 119 cm³/mol. The first kappa shape index (κ1) is 20.5. The predicted octanol–water partition coefficient (Wildman–Crippen LogP) is 3.31. The van der Waals surface area contributed by atoms with Gasteiger partial charge >= 0.3 is 0 Å². The second-order valence-corrected chi connectivity index (χ2v) is 9.02. The van der Waals surface area contributed by atoms with Gasteiger partial charge in [-0.25, -0.2) is 0 Å². The van der Waals surface area contributed by atoms with Gasteiger partial charge in [0.05, 0.1) is 0 Å². The number of guanidine groups is 1. The summed E-state index contributed by atoms with van der Waals surface area (Å²) < 4.78 is 1.13. The van der Waals surface area contributed by atoms with E-state index < -0.39 is 0 Å². The zero-order valence-electron chi connectivity index (χ0n) is 16.9. The maximum atomic E-state index is 4.46. The molecule has 2 aliphatic heterocycles. The number of piperidine rings is 1. The molecular weight excluding hydrogens is 402 g/mol. The monoisotopic (exact) mass is 435 g/mol. The molecule has 0 aromatic heterocycles. The van der Waals surface area contributed by atoms with E-state index in [1.165, 1.54) is 31.6 Å². The third-order valence-electron chi connectivity index (χ3n) is 5.78. The Morgan fingerprint density at radius 2 is 1.96 bits per heavy atom. The van der Waals surface area contributed by atoms with Crippen LogP contribution >= 0.6 is 15.9 Å². The van der Waals surface area contributed by atoms with Crippen LogP contribution in [0.5, 0.6) is 0 Å². The van der Waals surface area contributed by atoms with E-state index in [0.717, 1.165) is 36.5 Å². The Bertz CT molecular complexity index is 616. The number of hydrogen-bond acceptors (Lipinski definition) is 3. The van der Waals surface area contributed by atoms with Crippen molar-refractivity contribution in [2.75, 3.05) is 44.7 Å². The number of anilines is 1. The average molecular weight is 436 g/mol. The topological polar surface area (TPSA) is 42.9 Å². The van der Waals surface area contributed by atoms with Crippen molar-refractivity contribution >= 4 is 27.6 Å². The van der Waals surface area contributed by atoms with Gasteiger partial charge in [0.15, 0.2) is 5.96 Å². The third kappa shape index (κ3) is 5.85. The summed E-state index contributed by atoms with van der Waals surface area (Å²) in [7, 11) is 1.87. The van der Waals surface area contributed by atoms with Crippen molar-refractivity contribution in [2.24, 2.45) is 10.9 Å². The molecule has 2 atom stereocenters. The van der Waals surface area contributed by atoms with Crippen molar-refractivity contribution in [1.29, 1.82) is 0 Å². The molecule has 2 saturated heterocycles. The molecule has 2 aliphatic rings. The van der Waals surface area contributed by atoms with E-state index in [-0.39, 0.29) is 0 Å². The van der Waals surface area contributed by atoms with Gasteiger partial charge in [-0.3, -0.25) is 4.99 Å². The molecule has 1 aromatic rings. The maximum Gasteiger partial charge on any atom is 0.191 e. The van der Waals surface area contributed by atoms with Gasteiger partial charge in [0.2, 0.25) is 0 Å². The van der Waals surface area contributed by atoms with Crippen molar-refractivity contribution in [3.63, 3.8) is 0 Å². The van der Waals surface area contributed by atoms with Crippen LogP contribution in [0.3, 0.4) is 0 Å². The molecule has 2 fully saturated rings. The Morgan fingerprint density at radius 3 is 2.67 bits per heavy atom. The Morgan fingerprint density at radius 1 is 1.19 bits per heavy atom. The standard InChI is InChI=1S/C21H34BrN5/c1-16(2)26-11-4-5-17(14-26)13-24-21(23-3)25-19-10-12-27(15-19)20-8-6-18(22)7-9-20/h6-9,16-17,19H,4-5,10-15H2,1-3H3,(H2,23,24,25). The summed E-state index contributed by atoms with van der Waals surface area (Å²) in [5, 5.41) is 7.20. The fourth-order valence-corrected chi connectivity index (χ4v) is 4.39. The number of benzene rings is 1. The third-order valence-corrected chi connectivity index (χ3v) is 6.31. The van der Waals surface area contributed by atoms with E-state index in [0.29, 0.717) is 18.0 Å². The van der Waals surface area contributed by atoms with Crippen molar-refractivity contribution in [1.82, 2.24) is 15.5 Å². The van der Waals surface area contributed by atoms with Gasteiger partial charge in [-0.05, 0) is 69.8 Å². The lowest BCUT2D eigenvalue weighted by Gasteiger charge is -2.35. The second kappa shape index (κ2) is 9.78.